The minimum absolute atomic E-state index is 0.134. The molecule has 0 saturated heterocycles. The molecule has 1 N–H and O–H groups in total. The van der Waals surface area contributed by atoms with Crippen LogP contribution in [0.2, 0.25) is 0 Å². The Morgan fingerprint density at radius 2 is 2.21 bits per heavy atom. The average molecular weight is 257 g/mol. The highest BCUT2D eigenvalue weighted by molar-refractivity contribution is 9.10. The third kappa shape index (κ3) is 1.33. The zero-order chi connectivity index (χ0) is 10.3. The van der Waals surface area contributed by atoms with E-state index < -0.39 is 5.82 Å². The van der Waals surface area contributed by atoms with Gasteiger partial charge in [-0.2, -0.15) is 0 Å². The van der Waals surface area contributed by atoms with E-state index in [0.29, 0.717) is 15.7 Å². The van der Waals surface area contributed by atoms with Crippen molar-refractivity contribution in [3.63, 3.8) is 0 Å². The molecule has 0 aliphatic rings. The number of hydrogen-bond acceptors (Lipinski definition) is 2. The lowest BCUT2D eigenvalue weighted by Gasteiger charge is -2.01. The van der Waals surface area contributed by atoms with E-state index in [0.717, 1.165) is 0 Å². The van der Waals surface area contributed by atoms with Crippen LogP contribution in [0.25, 0.3) is 11.0 Å². The number of aromatic amines is 1. The Kier molecular flexibility index (Phi) is 2.11. The van der Waals surface area contributed by atoms with Crippen molar-refractivity contribution < 1.29 is 4.39 Å². The maximum absolute atomic E-state index is 13.5. The molecule has 0 amide bonds. The van der Waals surface area contributed by atoms with Gasteiger partial charge in [0.05, 0.1) is 9.99 Å². The van der Waals surface area contributed by atoms with Crippen molar-refractivity contribution in [3.05, 3.63) is 38.5 Å². The highest BCUT2D eigenvalue weighted by Crippen LogP contribution is 2.21. The first kappa shape index (κ1) is 9.33. The number of H-pyrrole nitrogens is 1. The van der Waals surface area contributed by atoms with E-state index >= 15 is 0 Å². The number of benzene rings is 1. The Labute approximate surface area is 87.1 Å². The molecule has 0 unspecified atom stereocenters. The number of nitrogens with zero attached hydrogens (tertiary/aromatic N) is 1. The molecule has 0 aliphatic heterocycles. The average Bonchev–Trinajstić information content (AvgIpc) is 2.15. The van der Waals surface area contributed by atoms with Gasteiger partial charge in [0.1, 0.15) is 11.2 Å². The molecule has 14 heavy (non-hydrogen) atoms. The van der Waals surface area contributed by atoms with Crippen LogP contribution in [-0.4, -0.2) is 9.97 Å². The van der Waals surface area contributed by atoms with Gasteiger partial charge >= 0.3 is 0 Å². The maximum Gasteiger partial charge on any atom is 0.269 e. The molecule has 2 aromatic rings. The van der Waals surface area contributed by atoms with Crippen LogP contribution in [-0.2, 0) is 0 Å². The summed E-state index contributed by atoms with van der Waals surface area (Å²) in [6, 6.07) is 3.20. The first-order valence-corrected chi connectivity index (χ1v) is 4.73. The van der Waals surface area contributed by atoms with Crippen molar-refractivity contribution in [3.8, 4) is 0 Å². The van der Waals surface area contributed by atoms with Gasteiger partial charge in [0.15, 0.2) is 5.82 Å². The first-order valence-electron chi connectivity index (χ1n) is 3.94. The van der Waals surface area contributed by atoms with Gasteiger partial charge in [-0.1, -0.05) is 0 Å². The van der Waals surface area contributed by atoms with Gasteiger partial charge in [-0.3, -0.25) is 4.79 Å². The zero-order valence-corrected chi connectivity index (χ0v) is 8.85. The fourth-order valence-electron chi connectivity index (χ4n) is 1.19. The first-order chi connectivity index (χ1) is 6.59. The summed E-state index contributed by atoms with van der Waals surface area (Å²) in [5, 5.41) is 0. The molecule has 0 saturated carbocycles. The van der Waals surface area contributed by atoms with E-state index in [2.05, 4.69) is 25.9 Å². The van der Waals surface area contributed by atoms with Crippen LogP contribution in [0.15, 0.2) is 21.4 Å². The number of halogens is 2. The molecule has 0 spiro atoms. The van der Waals surface area contributed by atoms with Crippen LogP contribution in [0.4, 0.5) is 4.39 Å². The molecule has 0 fully saturated rings. The van der Waals surface area contributed by atoms with Crippen molar-refractivity contribution in [1.29, 1.82) is 0 Å². The van der Waals surface area contributed by atoms with Gasteiger partial charge in [0.2, 0.25) is 0 Å². The number of aryl methyl sites for hydroxylation is 1. The second-order valence-electron chi connectivity index (χ2n) is 2.91. The summed E-state index contributed by atoms with van der Waals surface area (Å²) < 4.78 is 13.8. The van der Waals surface area contributed by atoms with Gasteiger partial charge in [-0.05, 0) is 35.0 Å². The van der Waals surface area contributed by atoms with Crippen LogP contribution < -0.4 is 5.56 Å². The number of rotatable bonds is 0. The number of nitrogens with one attached hydrogen (secondary N) is 1. The van der Waals surface area contributed by atoms with Crippen LogP contribution >= 0.6 is 15.9 Å². The lowest BCUT2D eigenvalue weighted by Crippen LogP contribution is -2.12. The minimum atomic E-state index is -0.493. The fourth-order valence-corrected chi connectivity index (χ4v) is 1.52. The Morgan fingerprint density at radius 3 is 2.93 bits per heavy atom. The summed E-state index contributed by atoms with van der Waals surface area (Å²) in [6.07, 6.45) is 0. The summed E-state index contributed by atoms with van der Waals surface area (Å²) in [6.45, 7) is 1.58. The lowest BCUT2D eigenvalue weighted by atomic mass is 10.3. The summed E-state index contributed by atoms with van der Waals surface area (Å²) in [7, 11) is 0. The molecule has 1 aromatic carbocycles. The van der Waals surface area contributed by atoms with Crippen molar-refractivity contribution in [2.75, 3.05) is 0 Å². The van der Waals surface area contributed by atoms with Crippen molar-refractivity contribution in [2.24, 2.45) is 0 Å². The van der Waals surface area contributed by atoms with Gasteiger partial charge in [0.25, 0.3) is 5.56 Å². The standard InChI is InChI=1S/C9H6BrFN2O/c1-4-9(14)13-8-6(12-4)3-2-5(10)7(8)11/h2-3H,1H3,(H,13,14). The number of fused-ring (bicyclic) bond motifs is 1. The van der Waals surface area contributed by atoms with E-state index in [1.807, 2.05) is 0 Å². The van der Waals surface area contributed by atoms with Gasteiger partial charge in [-0.15, -0.1) is 0 Å². The molecule has 3 nitrogen and oxygen atoms in total. The normalized spacial score (nSPS) is 10.8. The van der Waals surface area contributed by atoms with Crippen molar-refractivity contribution in [1.82, 2.24) is 9.97 Å². The molecule has 1 aromatic heterocycles. The SMILES string of the molecule is Cc1nc2ccc(Br)c(F)c2[nH]c1=O. The van der Waals surface area contributed by atoms with E-state index in [1.54, 1.807) is 19.1 Å². The van der Waals surface area contributed by atoms with Crippen LogP contribution in [0.5, 0.6) is 0 Å². The summed E-state index contributed by atoms with van der Waals surface area (Å²) in [4.78, 5) is 17.6. The fraction of sp³-hybridized carbons (Fsp3) is 0.111. The van der Waals surface area contributed by atoms with E-state index in [4.69, 9.17) is 0 Å². The molecule has 0 radical (unpaired) electrons. The smallest absolute Gasteiger partial charge is 0.269 e. The second-order valence-corrected chi connectivity index (χ2v) is 3.76. The largest absolute Gasteiger partial charge is 0.317 e. The lowest BCUT2D eigenvalue weighted by molar-refractivity contribution is 0.629. The maximum atomic E-state index is 13.5. The molecule has 0 bridgehead atoms. The topological polar surface area (TPSA) is 45.8 Å². The zero-order valence-electron chi connectivity index (χ0n) is 7.27. The Balaban J connectivity index is 2.97. The molecular formula is C9H6BrFN2O. The predicted octanol–water partition coefficient (Wildman–Crippen LogP) is 2.13. The second kappa shape index (κ2) is 3.16. The molecule has 2 rings (SSSR count). The van der Waals surface area contributed by atoms with Gasteiger partial charge < -0.3 is 4.98 Å². The molecule has 1 heterocycles. The molecule has 5 heteroatoms. The van der Waals surface area contributed by atoms with Crippen molar-refractivity contribution >= 4 is 27.0 Å². The summed E-state index contributed by atoms with van der Waals surface area (Å²) in [5.41, 5.74) is 0.548. The highest BCUT2D eigenvalue weighted by Gasteiger charge is 2.08. The summed E-state index contributed by atoms with van der Waals surface area (Å²) >= 11 is 3.03. The van der Waals surface area contributed by atoms with Crippen LogP contribution in [0.1, 0.15) is 5.69 Å². The van der Waals surface area contributed by atoms with Crippen LogP contribution in [0, 0.1) is 12.7 Å². The molecule has 0 atom stereocenters. The number of hydrogen-bond donors (Lipinski definition) is 1. The molecular weight excluding hydrogens is 251 g/mol. The van der Waals surface area contributed by atoms with E-state index in [1.165, 1.54) is 0 Å². The Bertz CT molecular complexity index is 564. The van der Waals surface area contributed by atoms with Crippen molar-refractivity contribution in [2.45, 2.75) is 6.92 Å². The quantitative estimate of drug-likeness (QED) is 0.785. The molecule has 72 valence electrons. The predicted molar refractivity (Wildman–Crippen MR) is 54.8 cm³/mol. The van der Waals surface area contributed by atoms with Crippen LogP contribution in [0.3, 0.4) is 0 Å². The summed E-state index contributed by atoms with van der Waals surface area (Å²) in [5.74, 6) is -0.493. The Hall–Kier alpha value is -1.23. The monoisotopic (exact) mass is 256 g/mol. The van der Waals surface area contributed by atoms with E-state index in [-0.39, 0.29) is 11.1 Å². The highest BCUT2D eigenvalue weighted by atomic mass is 79.9. The third-order valence-electron chi connectivity index (χ3n) is 1.93. The van der Waals surface area contributed by atoms with Gasteiger partial charge in [-0.25, -0.2) is 9.37 Å². The number of aromatic nitrogens is 2. The van der Waals surface area contributed by atoms with E-state index in [9.17, 15) is 9.18 Å². The Morgan fingerprint density at radius 1 is 1.50 bits per heavy atom. The third-order valence-corrected chi connectivity index (χ3v) is 2.54. The van der Waals surface area contributed by atoms with Gasteiger partial charge in [0, 0.05) is 0 Å². The minimum Gasteiger partial charge on any atom is -0.317 e. The molecule has 0 aliphatic carbocycles.